The first-order valence-corrected chi connectivity index (χ1v) is 8.60. The molecule has 2 aromatic carbocycles. The number of rotatable bonds is 5. The maximum absolute atomic E-state index is 12.5. The molecule has 0 saturated heterocycles. The van der Waals surface area contributed by atoms with Gasteiger partial charge in [0.15, 0.2) is 0 Å². The van der Waals surface area contributed by atoms with Crippen LogP contribution in [0.2, 0.25) is 0 Å². The van der Waals surface area contributed by atoms with E-state index in [4.69, 9.17) is 0 Å². The Hall–Kier alpha value is -3.21. The summed E-state index contributed by atoms with van der Waals surface area (Å²) in [6, 6.07) is 17.3. The Kier molecular flexibility index (Phi) is 5.27. The molecule has 0 atom stereocenters. The van der Waals surface area contributed by atoms with Crippen LogP contribution in [0.25, 0.3) is 0 Å². The fourth-order valence-corrected chi connectivity index (χ4v) is 2.53. The van der Waals surface area contributed by atoms with Crippen molar-refractivity contribution < 1.29 is 4.79 Å². The molecule has 5 heteroatoms. The van der Waals surface area contributed by atoms with E-state index in [-0.39, 0.29) is 5.91 Å². The van der Waals surface area contributed by atoms with Crippen molar-refractivity contribution in [2.75, 3.05) is 10.6 Å². The molecule has 1 aromatic heterocycles. The molecule has 1 amide bonds. The molecule has 5 nitrogen and oxygen atoms in total. The third kappa shape index (κ3) is 4.25. The highest BCUT2D eigenvalue weighted by molar-refractivity contribution is 6.03. The van der Waals surface area contributed by atoms with Crippen molar-refractivity contribution in [2.45, 2.75) is 26.7 Å². The zero-order valence-electron chi connectivity index (χ0n) is 15.2. The lowest BCUT2D eigenvalue weighted by Crippen LogP contribution is -2.15. The molecule has 0 unspecified atom stereocenters. The number of anilines is 3. The van der Waals surface area contributed by atoms with Crippen molar-refractivity contribution in [1.29, 1.82) is 0 Å². The Morgan fingerprint density at radius 1 is 1.00 bits per heavy atom. The van der Waals surface area contributed by atoms with Crippen molar-refractivity contribution in [2.24, 2.45) is 0 Å². The fraction of sp³-hybridized carbons (Fsp3) is 0.190. The van der Waals surface area contributed by atoms with Gasteiger partial charge in [-0.25, -0.2) is 9.97 Å². The molecule has 0 spiro atoms. The summed E-state index contributed by atoms with van der Waals surface area (Å²) in [5.41, 5.74) is 4.23. The van der Waals surface area contributed by atoms with Crippen molar-refractivity contribution in [3.8, 4) is 0 Å². The van der Waals surface area contributed by atoms with E-state index in [9.17, 15) is 4.79 Å². The van der Waals surface area contributed by atoms with Crippen molar-refractivity contribution in [1.82, 2.24) is 9.97 Å². The number of hydrogen-bond donors (Lipinski definition) is 2. The third-order valence-electron chi connectivity index (χ3n) is 4.11. The molecule has 0 aliphatic heterocycles. The van der Waals surface area contributed by atoms with Crippen LogP contribution < -0.4 is 10.6 Å². The molecule has 1 heterocycles. The van der Waals surface area contributed by atoms with Crippen LogP contribution in [0.5, 0.6) is 0 Å². The van der Waals surface area contributed by atoms with Crippen LogP contribution in [0.4, 0.5) is 17.3 Å². The number of nitrogens with zero attached hydrogens (tertiary/aromatic N) is 2. The first-order chi connectivity index (χ1) is 12.5. The first-order valence-electron chi connectivity index (χ1n) is 8.60. The lowest BCUT2D eigenvalue weighted by atomic mass is 10.0. The number of amides is 1. The topological polar surface area (TPSA) is 66.9 Å². The molecule has 3 aromatic rings. The standard InChI is InChI=1S/C21H22N4O/c1-14(2)16-8-10-17(11-9-16)23-21-22-13-12-19(25-21)20(26)24-18-7-5-4-6-15(18)3/h4-14H,1-3H3,(H,24,26)(H,22,23,25). The number of aromatic nitrogens is 2. The zero-order chi connectivity index (χ0) is 18.5. The number of aryl methyl sites for hydroxylation is 1. The van der Waals surface area contributed by atoms with Gasteiger partial charge in [0.2, 0.25) is 5.95 Å². The summed E-state index contributed by atoms with van der Waals surface area (Å²) in [4.78, 5) is 21.0. The SMILES string of the molecule is Cc1ccccc1NC(=O)c1ccnc(Nc2ccc(C(C)C)cc2)n1. The molecule has 3 rings (SSSR count). The summed E-state index contributed by atoms with van der Waals surface area (Å²) in [5.74, 6) is 0.605. The van der Waals surface area contributed by atoms with Crippen molar-refractivity contribution in [3.63, 3.8) is 0 Å². The van der Waals surface area contributed by atoms with Crippen LogP contribution >= 0.6 is 0 Å². The minimum atomic E-state index is -0.264. The number of hydrogen-bond acceptors (Lipinski definition) is 4. The first kappa shape index (κ1) is 17.6. The van der Waals surface area contributed by atoms with Gasteiger partial charge >= 0.3 is 0 Å². The molecule has 2 N–H and O–H groups in total. The van der Waals surface area contributed by atoms with E-state index in [1.54, 1.807) is 12.3 Å². The van der Waals surface area contributed by atoms with E-state index in [0.29, 0.717) is 17.6 Å². The van der Waals surface area contributed by atoms with E-state index in [0.717, 1.165) is 16.9 Å². The van der Waals surface area contributed by atoms with Crippen molar-refractivity contribution >= 4 is 23.2 Å². The van der Waals surface area contributed by atoms with Crippen LogP contribution in [0.1, 0.15) is 41.4 Å². The predicted molar refractivity (Wildman–Crippen MR) is 105 cm³/mol. The Balaban J connectivity index is 1.73. The van der Waals surface area contributed by atoms with Gasteiger partial charge in [0.1, 0.15) is 5.69 Å². The van der Waals surface area contributed by atoms with Gasteiger partial charge in [-0.3, -0.25) is 4.79 Å². The van der Waals surface area contributed by atoms with Crippen LogP contribution in [-0.2, 0) is 0 Å². The second-order valence-corrected chi connectivity index (χ2v) is 6.44. The summed E-state index contributed by atoms with van der Waals surface area (Å²) in [7, 11) is 0. The lowest BCUT2D eigenvalue weighted by Gasteiger charge is -2.10. The normalized spacial score (nSPS) is 10.6. The molecular weight excluding hydrogens is 324 g/mol. The number of carbonyl (C=O) groups excluding carboxylic acids is 1. The number of benzene rings is 2. The Labute approximate surface area is 153 Å². The van der Waals surface area contributed by atoms with Crippen LogP contribution in [0.3, 0.4) is 0 Å². The van der Waals surface area contributed by atoms with E-state index in [1.807, 2.05) is 43.3 Å². The van der Waals surface area contributed by atoms with Crippen molar-refractivity contribution in [3.05, 3.63) is 77.6 Å². The van der Waals surface area contributed by atoms with Gasteiger partial charge in [-0.1, -0.05) is 44.2 Å². The van der Waals surface area contributed by atoms with E-state index < -0.39 is 0 Å². The smallest absolute Gasteiger partial charge is 0.274 e. The molecule has 0 fully saturated rings. The average molecular weight is 346 g/mol. The minimum absolute atomic E-state index is 0.264. The van der Waals surface area contributed by atoms with Gasteiger partial charge in [0.05, 0.1) is 0 Å². The fourth-order valence-electron chi connectivity index (χ4n) is 2.53. The molecule has 26 heavy (non-hydrogen) atoms. The number of para-hydroxylation sites is 1. The maximum atomic E-state index is 12.5. The molecule has 0 aliphatic rings. The number of carbonyl (C=O) groups is 1. The van der Waals surface area contributed by atoms with Gasteiger partial charge in [0, 0.05) is 17.6 Å². The molecule has 132 valence electrons. The Morgan fingerprint density at radius 2 is 1.73 bits per heavy atom. The molecule has 0 bridgehead atoms. The molecule has 0 saturated carbocycles. The van der Waals surface area contributed by atoms with Gasteiger partial charge in [-0.15, -0.1) is 0 Å². The quantitative estimate of drug-likeness (QED) is 0.689. The lowest BCUT2D eigenvalue weighted by molar-refractivity contribution is 0.102. The molecule has 0 aliphatic carbocycles. The summed E-state index contributed by atoms with van der Waals surface area (Å²) in [6.45, 7) is 6.26. The maximum Gasteiger partial charge on any atom is 0.274 e. The average Bonchev–Trinajstić information content (AvgIpc) is 2.64. The summed E-state index contributed by atoms with van der Waals surface area (Å²) >= 11 is 0. The van der Waals surface area contributed by atoms with Crippen LogP contribution in [0, 0.1) is 6.92 Å². The van der Waals surface area contributed by atoms with E-state index >= 15 is 0 Å². The monoisotopic (exact) mass is 346 g/mol. The van der Waals surface area contributed by atoms with Gasteiger partial charge in [-0.2, -0.15) is 0 Å². The Morgan fingerprint density at radius 3 is 2.42 bits per heavy atom. The zero-order valence-corrected chi connectivity index (χ0v) is 15.2. The number of nitrogens with one attached hydrogen (secondary N) is 2. The predicted octanol–water partition coefficient (Wildman–Crippen LogP) is 4.90. The highest BCUT2D eigenvalue weighted by Crippen LogP contribution is 2.19. The highest BCUT2D eigenvalue weighted by Gasteiger charge is 2.10. The summed E-state index contributed by atoms with van der Waals surface area (Å²) in [5, 5.41) is 6.02. The van der Waals surface area contributed by atoms with E-state index in [1.165, 1.54) is 5.56 Å². The molecule has 0 radical (unpaired) electrons. The van der Waals surface area contributed by atoms with Crippen LogP contribution in [0.15, 0.2) is 60.8 Å². The summed E-state index contributed by atoms with van der Waals surface area (Å²) in [6.07, 6.45) is 1.57. The van der Waals surface area contributed by atoms with Gasteiger partial charge in [-0.05, 0) is 48.2 Å². The Bertz CT molecular complexity index is 904. The summed E-state index contributed by atoms with van der Waals surface area (Å²) < 4.78 is 0. The second kappa shape index (κ2) is 7.78. The van der Waals surface area contributed by atoms with Crippen LogP contribution in [-0.4, -0.2) is 15.9 Å². The minimum Gasteiger partial charge on any atom is -0.324 e. The second-order valence-electron chi connectivity index (χ2n) is 6.44. The largest absolute Gasteiger partial charge is 0.324 e. The molecular formula is C21H22N4O. The van der Waals surface area contributed by atoms with E-state index in [2.05, 4.69) is 46.6 Å². The van der Waals surface area contributed by atoms with Gasteiger partial charge < -0.3 is 10.6 Å². The third-order valence-corrected chi connectivity index (χ3v) is 4.11. The van der Waals surface area contributed by atoms with Gasteiger partial charge in [0.25, 0.3) is 5.91 Å². The highest BCUT2D eigenvalue weighted by atomic mass is 16.1.